The van der Waals surface area contributed by atoms with Crippen LogP contribution in [0.15, 0.2) is 64.7 Å². The fourth-order valence-electron chi connectivity index (χ4n) is 3.52. The van der Waals surface area contributed by atoms with Crippen molar-refractivity contribution in [2.45, 2.75) is 6.54 Å². The zero-order valence-corrected chi connectivity index (χ0v) is 20.1. The summed E-state index contributed by atoms with van der Waals surface area (Å²) >= 11 is 0. The molecule has 0 aliphatic carbocycles. The first-order valence-electron chi connectivity index (χ1n) is 11.1. The molecule has 1 aromatic heterocycles. The van der Waals surface area contributed by atoms with E-state index < -0.39 is 46.8 Å². The summed E-state index contributed by atoms with van der Waals surface area (Å²) in [6, 6.07) is 10.7. The Morgan fingerprint density at radius 3 is 2.59 bits per heavy atom. The van der Waals surface area contributed by atoms with Crippen molar-refractivity contribution in [2.75, 3.05) is 19.0 Å². The number of benzene rings is 2. The van der Waals surface area contributed by atoms with Crippen LogP contribution in [0.3, 0.4) is 0 Å². The highest BCUT2D eigenvalue weighted by atomic mass is 19.1. The maximum atomic E-state index is 13.1. The Hall–Kier alpha value is -5.53. The van der Waals surface area contributed by atoms with Gasteiger partial charge in [-0.1, -0.05) is 12.1 Å². The summed E-state index contributed by atoms with van der Waals surface area (Å²) in [5.74, 6) is -2.99. The van der Waals surface area contributed by atoms with Crippen molar-refractivity contribution in [3.8, 4) is 5.75 Å². The van der Waals surface area contributed by atoms with Crippen LogP contribution in [0.4, 0.5) is 20.6 Å². The number of carbonyl (C=O) groups excluding carboxylic acids is 4. The number of nitro groups is 1. The maximum Gasteiger partial charge on any atom is 0.373 e. The normalized spacial score (nSPS) is 13.8. The summed E-state index contributed by atoms with van der Waals surface area (Å²) in [4.78, 5) is 60.9. The standard InChI is InChI=1S/C25H19FN4O9/c1-37-24(33)20-10-9-17(39-20)12-29-23(32)18(28-25(29)34)11-14-3-2-4-19(30(35)36)22(14)38-13-21(31)27-16-7-5-15(26)6-8-16/h2-11H,12-13H2,1H3,(H,27,31)(H,28,34)/b18-11-. The first-order chi connectivity index (χ1) is 18.7. The second-order valence-electron chi connectivity index (χ2n) is 7.93. The van der Waals surface area contributed by atoms with Gasteiger partial charge in [0, 0.05) is 17.3 Å². The van der Waals surface area contributed by atoms with Gasteiger partial charge in [-0.05, 0) is 42.5 Å². The van der Waals surface area contributed by atoms with E-state index in [9.17, 15) is 33.7 Å². The zero-order valence-electron chi connectivity index (χ0n) is 20.1. The first-order valence-corrected chi connectivity index (χ1v) is 11.1. The molecule has 0 bridgehead atoms. The number of nitrogens with zero attached hydrogens (tertiary/aromatic N) is 2. The molecule has 3 aromatic rings. The Morgan fingerprint density at radius 2 is 1.90 bits per heavy atom. The quantitative estimate of drug-likeness (QED) is 0.136. The molecule has 2 aromatic carbocycles. The molecule has 0 radical (unpaired) electrons. The predicted molar refractivity (Wildman–Crippen MR) is 131 cm³/mol. The van der Waals surface area contributed by atoms with Gasteiger partial charge in [0.25, 0.3) is 11.8 Å². The van der Waals surface area contributed by atoms with Crippen molar-refractivity contribution in [3.05, 3.63) is 93.3 Å². The number of para-hydroxylation sites is 1. The van der Waals surface area contributed by atoms with E-state index >= 15 is 0 Å². The highest BCUT2D eigenvalue weighted by Crippen LogP contribution is 2.33. The van der Waals surface area contributed by atoms with Gasteiger partial charge in [0.1, 0.15) is 17.3 Å². The summed E-state index contributed by atoms with van der Waals surface area (Å²) in [5, 5.41) is 16.4. The van der Waals surface area contributed by atoms with Crippen LogP contribution in [0.5, 0.6) is 5.75 Å². The van der Waals surface area contributed by atoms with Crippen LogP contribution < -0.4 is 15.4 Å². The lowest BCUT2D eigenvalue weighted by atomic mass is 10.1. The number of urea groups is 1. The van der Waals surface area contributed by atoms with Gasteiger partial charge < -0.3 is 24.5 Å². The molecule has 0 atom stereocenters. The van der Waals surface area contributed by atoms with Crippen LogP contribution in [-0.2, 0) is 20.9 Å². The largest absolute Gasteiger partial charge is 0.476 e. The Labute approximate surface area is 218 Å². The van der Waals surface area contributed by atoms with Crippen molar-refractivity contribution in [1.29, 1.82) is 0 Å². The van der Waals surface area contributed by atoms with Crippen LogP contribution in [0.2, 0.25) is 0 Å². The average Bonchev–Trinajstić information content (AvgIpc) is 3.49. The average molecular weight is 538 g/mol. The summed E-state index contributed by atoms with van der Waals surface area (Å²) in [7, 11) is 1.17. The van der Waals surface area contributed by atoms with E-state index in [1.165, 1.54) is 49.6 Å². The van der Waals surface area contributed by atoms with Crippen LogP contribution in [0.1, 0.15) is 21.9 Å². The number of furan rings is 1. The van der Waals surface area contributed by atoms with Crippen molar-refractivity contribution < 1.29 is 42.4 Å². The van der Waals surface area contributed by atoms with Gasteiger partial charge in [0.2, 0.25) is 11.5 Å². The molecule has 14 heteroatoms. The molecule has 1 aliphatic heterocycles. The number of amides is 4. The van der Waals surface area contributed by atoms with Crippen molar-refractivity contribution in [3.63, 3.8) is 0 Å². The molecule has 200 valence electrons. The van der Waals surface area contributed by atoms with E-state index in [1.54, 1.807) is 0 Å². The topological polar surface area (TPSA) is 170 Å². The molecule has 4 rings (SSSR count). The van der Waals surface area contributed by atoms with Gasteiger partial charge >= 0.3 is 17.7 Å². The summed E-state index contributed by atoms with van der Waals surface area (Å²) in [6.07, 6.45) is 1.17. The molecule has 13 nitrogen and oxygen atoms in total. The third kappa shape index (κ3) is 6.07. The number of nitrogens with one attached hydrogen (secondary N) is 2. The van der Waals surface area contributed by atoms with Crippen LogP contribution in [0.25, 0.3) is 6.08 Å². The number of nitro benzene ring substituents is 1. The summed E-state index contributed by atoms with van der Waals surface area (Å²) in [6.45, 7) is -0.952. The number of imide groups is 1. The maximum absolute atomic E-state index is 13.1. The van der Waals surface area contributed by atoms with Crippen molar-refractivity contribution >= 4 is 41.3 Å². The monoisotopic (exact) mass is 538 g/mol. The van der Waals surface area contributed by atoms with Gasteiger partial charge in [-0.25, -0.2) is 14.0 Å². The molecule has 1 saturated heterocycles. The third-order valence-electron chi connectivity index (χ3n) is 5.32. The Kier molecular flexibility index (Phi) is 7.65. The molecule has 0 saturated carbocycles. The summed E-state index contributed by atoms with van der Waals surface area (Å²) in [5.41, 5.74) is -0.390. The van der Waals surface area contributed by atoms with E-state index in [0.717, 1.165) is 23.1 Å². The lowest BCUT2D eigenvalue weighted by Gasteiger charge is -2.11. The number of halogens is 1. The molecule has 0 unspecified atom stereocenters. The fraction of sp³-hybridized carbons (Fsp3) is 0.120. The van der Waals surface area contributed by atoms with Crippen LogP contribution >= 0.6 is 0 Å². The number of rotatable bonds is 9. The minimum absolute atomic E-state index is 0.0373. The van der Waals surface area contributed by atoms with Gasteiger partial charge in [0.05, 0.1) is 18.6 Å². The van der Waals surface area contributed by atoms with Gasteiger partial charge in [-0.2, -0.15) is 0 Å². The van der Waals surface area contributed by atoms with Crippen LogP contribution in [-0.4, -0.2) is 47.4 Å². The molecular weight excluding hydrogens is 519 g/mol. The van der Waals surface area contributed by atoms with Crippen molar-refractivity contribution in [2.24, 2.45) is 0 Å². The number of anilines is 1. The van der Waals surface area contributed by atoms with Gasteiger partial charge in [0.15, 0.2) is 6.61 Å². The Balaban J connectivity index is 1.53. The molecule has 39 heavy (non-hydrogen) atoms. The highest BCUT2D eigenvalue weighted by molar-refractivity contribution is 6.14. The Bertz CT molecular complexity index is 1500. The van der Waals surface area contributed by atoms with Gasteiger partial charge in [-0.15, -0.1) is 0 Å². The van der Waals surface area contributed by atoms with E-state index in [0.29, 0.717) is 0 Å². The fourth-order valence-corrected chi connectivity index (χ4v) is 3.52. The lowest BCUT2D eigenvalue weighted by molar-refractivity contribution is -0.385. The first kappa shape index (κ1) is 26.5. The SMILES string of the molecule is COC(=O)c1ccc(CN2C(=O)N/C(=C\c3cccc([N+](=O)[O-])c3OCC(=O)Nc3ccc(F)cc3)C2=O)o1. The second kappa shape index (κ2) is 11.2. The number of hydrogen-bond acceptors (Lipinski definition) is 9. The number of hydrogen-bond donors (Lipinski definition) is 2. The molecule has 1 aliphatic rings. The minimum atomic E-state index is -0.797. The van der Waals surface area contributed by atoms with E-state index in [2.05, 4.69) is 15.4 Å². The number of methoxy groups -OCH3 is 1. The molecule has 2 heterocycles. The smallest absolute Gasteiger partial charge is 0.373 e. The molecular formula is C25H19FN4O9. The Morgan fingerprint density at radius 1 is 1.15 bits per heavy atom. The van der Waals surface area contributed by atoms with E-state index in [1.807, 2.05) is 0 Å². The minimum Gasteiger partial charge on any atom is -0.476 e. The zero-order chi connectivity index (χ0) is 28.1. The summed E-state index contributed by atoms with van der Waals surface area (Å²) < 4.78 is 28.4. The lowest BCUT2D eigenvalue weighted by Crippen LogP contribution is -2.30. The number of carbonyl (C=O) groups is 4. The molecule has 2 N–H and O–H groups in total. The second-order valence-corrected chi connectivity index (χ2v) is 7.93. The highest BCUT2D eigenvalue weighted by Gasteiger charge is 2.35. The van der Waals surface area contributed by atoms with Crippen LogP contribution in [0, 0.1) is 15.9 Å². The molecule has 4 amide bonds. The molecule has 0 spiro atoms. The van der Waals surface area contributed by atoms with E-state index in [4.69, 9.17) is 9.15 Å². The van der Waals surface area contributed by atoms with Gasteiger partial charge in [-0.3, -0.25) is 24.6 Å². The van der Waals surface area contributed by atoms with Crippen molar-refractivity contribution in [1.82, 2.24) is 10.2 Å². The third-order valence-corrected chi connectivity index (χ3v) is 5.32. The number of ether oxygens (including phenoxy) is 2. The number of esters is 1. The predicted octanol–water partition coefficient (Wildman–Crippen LogP) is 3.22. The van der Waals surface area contributed by atoms with E-state index in [-0.39, 0.29) is 40.8 Å². The molecule has 1 fully saturated rings.